The molecular weight excluding hydrogens is 369 g/mol. The van der Waals surface area contributed by atoms with Gasteiger partial charge in [-0.2, -0.15) is 5.10 Å². The Morgan fingerprint density at radius 3 is 2.39 bits per heavy atom. The molecule has 0 aliphatic rings. The third-order valence-electron chi connectivity index (χ3n) is 4.10. The summed E-state index contributed by atoms with van der Waals surface area (Å²) < 4.78 is 44.1. The van der Waals surface area contributed by atoms with Crippen LogP contribution in [0.25, 0.3) is 11.5 Å². The molecule has 2 heterocycles. The van der Waals surface area contributed by atoms with Crippen LogP contribution < -0.4 is 5.32 Å². The highest BCUT2D eigenvalue weighted by atomic mass is 19.1. The summed E-state index contributed by atoms with van der Waals surface area (Å²) in [6.45, 7) is 0. The first-order chi connectivity index (χ1) is 13.5. The van der Waals surface area contributed by atoms with Crippen LogP contribution >= 0.6 is 0 Å². The fourth-order valence-corrected chi connectivity index (χ4v) is 2.81. The lowest BCUT2D eigenvalue weighted by Gasteiger charge is -2.12. The molecule has 0 atom stereocenters. The molecule has 5 nitrogen and oxygen atoms in total. The third kappa shape index (κ3) is 3.16. The zero-order chi connectivity index (χ0) is 19.7. The molecule has 28 heavy (non-hydrogen) atoms. The van der Waals surface area contributed by atoms with E-state index < -0.39 is 23.4 Å². The molecule has 140 valence electrons. The highest BCUT2D eigenvalue weighted by Gasteiger charge is 2.22. The van der Waals surface area contributed by atoms with Crippen molar-refractivity contribution in [2.45, 2.75) is 0 Å². The molecule has 0 fully saturated rings. The first kappa shape index (κ1) is 17.6. The van der Waals surface area contributed by atoms with Gasteiger partial charge in [-0.15, -0.1) is 0 Å². The predicted octanol–water partition coefficient (Wildman–Crippen LogP) is 4.33. The van der Waals surface area contributed by atoms with E-state index >= 15 is 0 Å². The Hall–Kier alpha value is -3.81. The van der Waals surface area contributed by atoms with Gasteiger partial charge in [0.05, 0.1) is 11.9 Å². The second-order valence-corrected chi connectivity index (χ2v) is 5.91. The van der Waals surface area contributed by atoms with Crippen molar-refractivity contribution in [3.05, 3.63) is 96.2 Å². The number of nitrogens with one attached hydrogen (secondary N) is 1. The highest BCUT2D eigenvalue weighted by molar-refractivity contribution is 6.06. The molecule has 2 aromatic carbocycles. The number of halogens is 3. The number of hydrogen-bond donors (Lipinski definition) is 1. The fourth-order valence-electron chi connectivity index (χ4n) is 2.81. The molecule has 0 saturated heterocycles. The number of carbonyl (C=O) groups is 1. The number of anilines is 1. The largest absolute Gasteiger partial charge is 0.319 e. The Bertz CT molecular complexity index is 1150. The number of aromatic nitrogens is 3. The van der Waals surface area contributed by atoms with E-state index in [2.05, 4.69) is 10.4 Å². The van der Waals surface area contributed by atoms with Gasteiger partial charge in [0.25, 0.3) is 5.91 Å². The Labute approximate surface area is 157 Å². The van der Waals surface area contributed by atoms with E-state index in [1.54, 1.807) is 41.2 Å². The van der Waals surface area contributed by atoms with Crippen molar-refractivity contribution in [3.8, 4) is 11.5 Å². The molecule has 0 aliphatic carbocycles. The summed E-state index contributed by atoms with van der Waals surface area (Å²) in [5.41, 5.74) is 0.0601. The molecule has 0 saturated carbocycles. The van der Waals surface area contributed by atoms with Gasteiger partial charge in [0.1, 0.15) is 28.7 Å². The summed E-state index contributed by atoms with van der Waals surface area (Å²) in [4.78, 5) is 12.8. The second-order valence-electron chi connectivity index (χ2n) is 5.91. The van der Waals surface area contributed by atoms with E-state index in [4.69, 9.17) is 0 Å². The van der Waals surface area contributed by atoms with Crippen molar-refractivity contribution in [3.63, 3.8) is 0 Å². The van der Waals surface area contributed by atoms with Gasteiger partial charge in [-0.05, 0) is 36.4 Å². The standard InChI is InChI=1S/C20H13F3N4O/c21-13-7-8-17(16(23)11-13)25-19(28)14-12-24-27(18-6-2-1-5-15(18)22)20(14)26-9-3-4-10-26/h1-12H,(H,25,28). The quantitative estimate of drug-likeness (QED) is 0.571. The van der Waals surface area contributed by atoms with Crippen LogP contribution in [0.3, 0.4) is 0 Å². The Balaban J connectivity index is 1.79. The van der Waals surface area contributed by atoms with Gasteiger partial charge < -0.3 is 9.88 Å². The summed E-state index contributed by atoms with van der Waals surface area (Å²) in [5.74, 6) is -2.57. The van der Waals surface area contributed by atoms with E-state index in [-0.39, 0.29) is 22.8 Å². The lowest BCUT2D eigenvalue weighted by atomic mass is 10.2. The Morgan fingerprint density at radius 1 is 0.929 bits per heavy atom. The second kappa shape index (κ2) is 7.07. The summed E-state index contributed by atoms with van der Waals surface area (Å²) >= 11 is 0. The summed E-state index contributed by atoms with van der Waals surface area (Å²) in [6, 6.07) is 12.3. The summed E-state index contributed by atoms with van der Waals surface area (Å²) in [7, 11) is 0. The van der Waals surface area contributed by atoms with Crippen molar-refractivity contribution in [1.82, 2.24) is 14.3 Å². The van der Waals surface area contributed by atoms with Crippen LogP contribution in [0, 0.1) is 17.5 Å². The maximum absolute atomic E-state index is 14.3. The number of para-hydroxylation sites is 1. The third-order valence-corrected chi connectivity index (χ3v) is 4.10. The van der Waals surface area contributed by atoms with Crippen molar-refractivity contribution in [1.29, 1.82) is 0 Å². The van der Waals surface area contributed by atoms with Gasteiger partial charge in [-0.1, -0.05) is 12.1 Å². The fraction of sp³-hybridized carbons (Fsp3) is 0. The molecule has 0 bridgehead atoms. The van der Waals surface area contributed by atoms with Gasteiger partial charge in [0, 0.05) is 18.5 Å². The summed E-state index contributed by atoms with van der Waals surface area (Å²) in [5, 5.41) is 6.54. The molecule has 4 aromatic rings. The molecule has 0 unspecified atom stereocenters. The van der Waals surface area contributed by atoms with Crippen LogP contribution in [0.1, 0.15) is 10.4 Å². The topological polar surface area (TPSA) is 51.9 Å². The minimum atomic E-state index is -0.905. The average Bonchev–Trinajstić information content (AvgIpc) is 3.33. The van der Waals surface area contributed by atoms with Crippen LogP contribution in [0.5, 0.6) is 0 Å². The van der Waals surface area contributed by atoms with E-state index in [0.717, 1.165) is 12.1 Å². The lowest BCUT2D eigenvalue weighted by molar-refractivity contribution is 0.102. The van der Waals surface area contributed by atoms with Gasteiger partial charge in [0.2, 0.25) is 0 Å². The minimum Gasteiger partial charge on any atom is -0.319 e. The zero-order valence-corrected chi connectivity index (χ0v) is 14.3. The molecule has 0 radical (unpaired) electrons. The first-order valence-electron chi connectivity index (χ1n) is 8.27. The smallest absolute Gasteiger partial charge is 0.261 e. The maximum atomic E-state index is 14.3. The van der Waals surface area contributed by atoms with Gasteiger partial charge in [-0.25, -0.2) is 17.9 Å². The number of carbonyl (C=O) groups excluding carboxylic acids is 1. The molecule has 2 aromatic heterocycles. The maximum Gasteiger partial charge on any atom is 0.261 e. The van der Waals surface area contributed by atoms with Crippen LogP contribution in [-0.4, -0.2) is 20.3 Å². The lowest BCUT2D eigenvalue weighted by Crippen LogP contribution is -2.16. The Kier molecular flexibility index (Phi) is 4.44. The summed E-state index contributed by atoms with van der Waals surface area (Å²) in [6.07, 6.45) is 4.60. The van der Waals surface area contributed by atoms with Crippen LogP contribution in [0.2, 0.25) is 0 Å². The van der Waals surface area contributed by atoms with E-state index in [0.29, 0.717) is 6.07 Å². The minimum absolute atomic E-state index is 0.0863. The normalized spacial score (nSPS) is 10.8. The van der Waals surface area contributed by atoms with Gasteiger partial charge in [0.15, 0.2) is 5.82 Å². The molecule has 1 N–H and O–H groups in total. The predicted molar refractivity (Wildman–Crippen MR) is 97.2 cm³/mol. The number of hydrogen-bond acceptors (Lipinski definition) is 2. The number of nitrogens with zero attached hydrogens (tertiary/aromatic N) is 3. The number of rotatable bonds is 4. The molecule has 0 spiro atoms. The monoisotopic (exact) mass is 382 g/mol. The SMILES string of the molecule is O=C(Nc1ccc(F)cc1F)c1cnn(-c2ccccc2F)c1-n1cccc1. The first-order valence-corrected chi connectivity index (χ1v) is 8.27. The molecule has 8 heteroatoms. The van der Waals surface area contributed by atoms with E-state index in [1.165, 1.54) is 23.0 Å². The Morgan fingerprint density at radius 2 is 1.68 bits per heavy atom. The zero-order valence-electron chi connectivity index (χ0n) is 14.3. The van der Waals surface area contributed by atoms with E-state index in [9.17, 15) is 18.0 Å². The molecule has 4 rings (SSSR count). The molecule has 1 amide bonds. The van der Waals surface area contributed by atoms with Crippen molar-refractivity contribution in [2.75, 3.05) is 5.32 Å². The van der Waals surface area contributed by atoms with Crippen LogP contribution in [-0.2, 0) is 0 Å². The van der Waals surface area contributed by atoms with Crippen molar-refractivity contribution < 1.29 is 18.0 Å². The van der Waals surface area contributed by atoms with Gasteiger partial charge >= 0.3 is 0 Å². The van der Waals surface area contributed by atoms with Crippen molar-refractivity contribution in [2.24, 2.45) is 0 Å². The van der Waals surface area contributed by atoms with Crippen LogP contribution in [0.4, 0.5) is 18.9 Å². The number of amides is 1. The highest BCUT2D eigenvalue weighted by Crippen LogP contribution is 2.23. The molecular formula is C20H13F3N4O. The van der Waals surface area contributed by atoms with Gasteiger partial charge in [-0.3, -0.25) is 4.79 Å². The van der Waals surface area contributed by atoms with Crippen molar-refractivity contribution >= 4 is 11.6 Å². The molecule has 0 aliphatic heterocycles. The van der Waals surface area contributed by atoms with E-state index in [1.807, 2.05) is 0 Å². The van der Waals surface area contributed by atoms with Crippen LogP contribution in [0.15, 0.2) is 73.2 Å². The number of benzene rings is 2. The average molecular weight is 382 g/mol.